The number of carbonyl (C=O) groups excluding carboxylic acids is 2. The summed E-state index contributed by atoms with van der Waals surface area (Å²) in [4.78, 5) is 25.2. The van der Waals surface area contributed by atoms with E-state index in [0.29, 0.717) is 19.0 Å². The number of nitrogens with zero attached hydrogens (tertiary/aromatic N) is 1. The molecule has 0 aromatic heterocycles. The Hall–Kier alpha value is -1.10. The molecule has 0 bridgehead atoms. The molecule has 2 rings (SSSR count). The summed E-state index contributed by atoms with van der Waals surface area (Å²) in [7, 11) is 0. The molecule has 96 valence electrons. The maximum Gasteiger partial charge on any atom is 0.227 e. The molecular weight excluding hydrogens is 218 g/mol. The topological polar surface area (TPSA) is 75.4 Å². The van der Waals surface area contributed by atoms with Crippen molar-refractivity contribution in [2.24, 2.45) is 23.5 Å². The highest BCUT2D eigenvalue weighted by Crippen LogP contribution is 2.23. The average Bonchev–Trinajstić information content (AvgIpc) is 2.74. The van der Waals surface area contributed by atoms with Gasteiger partial charge in [-0.15, -0.1) is 0 Å². The predicted molar refractivity (Wildman–Crippen MR) is 64.0 cm³/mol. The zero-order valence-electron chi connectivity index (χ0n) is 10.3. The lowest BCUT2D eigenvalue weighted by molar-refractivity contribution is -0.139. The number of carbonyl (C=O) groups is 2. The first kappa shape index (κ1) is 12.4. The Labute approximate surface area is 102 Å². The van der Waals surface area contributed by atoms with E-state index >= 15 is 0 Å². The van der Waals surface area contributed by atoms with E-state index in [1.54, 1.807) is 0 Å². The van der Waals surface area contributed by atoms with Crippen molar-refractivity contribution in [1.82, 2.24) is 10.2 Å². The lowest BCUT2D eigenvalue weighted by Crippen LogP contribution is -2.45. The van der Waals surface area contributed by atoms with Crippen LogP contribution in [0.25, 0.3) is 0 Å². The average molecular weight is 239 g/mol. The van der Waals surface area contributed by atoms with Crippen LogP contribution in [0.2, 0.25) is 0 Å². The lowest BCUT2D eigenvalue weighted by Gasteiger charge is -2.33. The summed E-state index contributed by atoms with van der Waals surface area (Å²) in [5, 5.41) is 3.25. The molecule has 5 nitrogen and oxygen atoms in total. The molecule has 2 atom stereocenters. The number of piperidine rings is 1. The molecule has 2 unspecified atom stereocenters. The Morgan fingerprint density at radius 1 is 1.24 bits per heavy atom. The second-order valence-electron chi connectivity index (χ2n) is 5.24. The fourth-order valence-electron chi connectivity index (χ4n) is 2.76. The molecule has 0 aliphatic carbocycles. The largest absolute Gasteiger partial charge is 0.369 e. The maximum atomic E-state index is 12.3. The van der Waals surface area contributed by atoms with E-state index in [-0.39, 0.29) is 23.7 Å². The quantitative estimate of drug-likeness (QED) is 0.686. The Balaban J connectivity index is 1.88. The number of amides is 2. The van der Waals surface area contributed by atoms with E-state index in [9.17, 15) is 9.59 Å². The van der Waals surface area contributed by atoms with E-state index in [4.69, 9.17) is 5.73 Å². The van der Waals surface area contributed by atoms with Crippen LogP contribution in [0.15, 0.2) is 0 Å². The third-order valence-electron chi connectivity index (χ3n) is 4.04. The van der Waals surface area contributed by atoms with Gasteiger partial charge in [-0.2, -0.15) is 0 Å². The molecule has 0 aromatic rings. The number of nitrogens with two attached hydrogens (primary N) is 1. The summed E-state index contributed by atoms with van der Waals surface area (Å²) in [6.45, 7) is 5.17. The van der Waals surface area contributed by atoms with Crippen LogP contribution < -0.4 is 11.1 Å². The molecule has 2 heterocycles. The van der Waals surface area contributed by atoms with E-state index in [2.05, 4.69) is 12.2 Å². The molecule has 17 heavy (non-hydrogen) atoms. The van der Waals surface area contributed by atoms with E-state index in [0.717, 1.165) is 25.9 Å². The number of rotatable bonds is 2. The number of primary amides is 1. The van der Waals surface area contributed by atoms with Crippen molar-refractivity contribution in [3.05, 3.63) is 0 Å². The van der Waals surface area contributed by atoms with Gasteiger partial charge in [0.15, 0.2) is 0 Å². The number of likely N-dealkylation sites (tertiary alicyclic amines) is 1. The van der Waals surface area contributed by atoms with Gasteiger partial charge in [-0.1, -0.05) is 6.92 Å². The Bertz CT molecular complexity index is 311. The van der Waals surface area contributed by atoms with Gasteiger partial charge < -0.3 is 16.0 Å². The van der Waals surface area contributed by atoms with Crippen LogP contribution in [0.5, 0.6) is 0 Å². The number of hydrogen-bond acceptors (Lipinski definition) is 3. The first-order valence-electron chi connectivity index (χ1n) is 6.38. The van der Waals surface area contributed by atoms with Crippen LogP contribution in [0.4, 0.5) is 0 Å². The minimum Gasteiger partial charge on any atom is -0.369 e. The van der Waals surface area contributed by atoms with E-state index < -0.39 is 0 Å². The minimum atomic E-state index is -0.229. The van der Waals surface area contributed by atoms with Gasteiger partial charge in [0.2, 0.25) is 11.8 Å². The molecule has 3 N–H and O–H groups in total. The van der Waals surface area contributed by atoms with Crippen molar-refractivity contribution in [2.45, 2.75) is 19.8 Å². The number of nitrogens with one attached hydrogen (secondary N) is 1. The maximum absolute atomic E-state index is 12.3. The lowest BCUT2D eigenvalue weighted by atomic mass is 9.92. The molecule has 2 aliphatic heterocycles. The van der Waals surface area contributed by atoms with Gasteiger partial charge in [-0.25, -0.2) is 0 Å². The monoisotopic (exact) mass is 239 g/mol. The smallest absolute Gasteiger partial charge is 0.227 e. The van der Waals surface area contributed by atoms with Crippen molar-refractivity contribution >= 4 is 11.8 Å². The summed E-state index contributed by atoms with van der Waals surface area (Å²) in [5.41, 5.74) is 5.28. The van der Waals surface area contributed by atoms with Crippen LogP contribution in [0, 0.1) is 17.8 Å². The highest BCUT2D eigenvalue weighted by molar-refractivity contribution is 5.81. The zero-order chi connectivity index (χ0) is 12.4. The molecule has 0 saturated carbocycles. The fourth-order valence-corrected chi connectivity index (χ4v) is 2.76. The molecule has 0 aromatic carbocycles. The van der Waals surface area contributed by atoms with Gasteiger partial charge in [0.05, 0.1) is 5.92 Å². The summed E-state index contributed by atoms with van der Waals surface area (Å²) in [6, 6.07) is 0. The molecule has 0 spiro atoms. The van der Waals surface area contributed by atoms with Gasteiger partial charge in [-0.05, 0) is 25.3 Å². The van der Waals surface area contributed by atoms with Gasteiger partial charge in [0, 0.05) is 25.6 Å². The zero-order valence-corrected chi connectivity index (χ0v) is 10.3. The van der Waals surface area contributed by atoms with E-state index in [1.807, 2.05) is 4.90 Å². The summed E-state index contributed by atoms with van der Waals surface area (Å²) in [5.74, 6) is 0.494. The van der Waals surface area contributed by atoms with Crippen molar-refractivity contribution in [3.8, 4) is 0 Å². The standard InChI is InChI=1S/C12H21N3O2/c1-8-6-14-7-10(8)12(17)15-4-2-9(3-5-15)11(13)16/h8-10,14H,2-7H2,1H3,(H2,13,16). The van der Waals surface area contributed by atoms with Crippen LogP contribution in [-0.2, 0) is 9.59 Å². The normalized spacial score (nSPS) is 30.5. The van der Waals surface area contributed by atoms with E-state index in [1.165, 1.54) is 0 Å². The van der Waals surface area contributed by atoms with Crippen molar-refractivity contribution < 1.29 is 9.59 Å². The summed E-state index contributed by atoms with van der Waals surface area (Å²) < 4.78 is 0. The second-order valence-corrected chi connectivity index (χ2v) is 5.24. The minimum absolute atomic E-state index is 0.0434. The molecule has 0 radical (unpaired) electrons. The van der Waals surface area contributed by atoms with Crippen molar-refractivity contribution in [1.29, 1.82) is 0 Å². The molecule has 2 fully saturated rings. The molecular formula is C12H21N3O2. The first-order valence-corrected chi connectivity index (χ1v) is 6.38. The molecule has 2 amide bonds. The second kappa shape index (κ2) is 5.04. The fraction of sp³-hybridized carbons (Fsp3) is 0.833. The Morgan fingerprint density at radius 3 is 2.35 bits per heavy atom. The SMILES string of the molecule is CC1CNCC1C(=O)N1CCC(C(N)=O)CC1. The van der Waals surface area contributed by atoms with Crippen LogP contribution >= 0.6 is 0 Å². The summed E-state index contributed by atoms with van der Waals surface area (Å²) in [6.07, 6.45) is 1.44. The molecule has 5 heteroatoms. The van der Waals surface area contributed by atoms with Crippen LogP contribution in [0.1, 0.15) is 19.8 Å². The highest BCUT2D eigenvalue weighted by atomic mass is 16.2. The van der Waals surface area contributed by atoms with Crippen LogP contribution in [-0.4, -0.2) is 42.9 Å². The third-order valence-corrected chi connectivity index (χ3v) is 4.04. The molecule has 2 aliphatic rings. The summed E-state index contributed by atoms with van der Waals surface area (Å²) >= 11 is 0. The van der Waals surface area contributed by atoms with Crippen LogP contribution in [0.3, 0.4) is 0 Å². The molecule has 2 saturated heterocycles. The van der Waals surface area contributed by atoms with Crippen molar-refractivity contribution in [2.75, 3.05) is 26.2 Å². The number of hydrogen-bond donors (Lipinski definition) is 2. The van der Waals surface area contributed by atoms with Gasteiger partial charge in [0.1, 0.15) is 0 Å². The van der Waals surface area contributed by atoms with Crippen molar-refractivity contribution in [3.63, 3.8) is 0 Å². The highest BCUT2D eigenvalue weighted by Gasteiger charge is 2.34. The van der Waals surface area contributed by atoms with Gasteiger partial charge in [0.25, 0.3) is 0 Å². The van der Waals surface area contributed by atoms with Gasteiger partial charge >= 0.3 is 0 Å². The van der Waals surface area contributed by atoms with Gasteiger partial charge in [-0.3, -0.25) is 9.59 Å². The third kappa shape index (κ3) is 2.60. The first-order chi connectivity index (χ1) is 8.09. The predicted octanol–water partition coefficient (Wildman–Crippen LogP) is -0.434. The Kier molecular flexibility index (Phi) is 3.66. The Morgan fingerprint density at radius 2 is 1.88 bits per heavy atom.